The van der Waals surface area contributed by atoms with Crippen LogP contribution in [0.5, 0.6) is 0 Å². The van der Waals surface area contributed by atoms with Gasteiger partial charge in [0.25, 0.3) is 5.91 Å². The highest BCUT2D eigenvalue weighted by molar-refractivity contribution is 5.92. The Bertz CT molecular complexity index is 369. The summed E-state index contributed by atoms with van der Waals surface area (Å²) in [4.78, 5) is 17.9. The fourth-order valence-corrected chi connectivity index (χ4v) is 1.49. The lowest BCUT2D eigenvalue weighted by atomic mass is 10.3. The summed E-state index contributed by atoms with van der Waals surface area (Å²) in [6, 6.07) is 3.60. The van der Waals surface area contributed by atoms with Crippen molar-refractivity contribution in [3.63, 3.8) is 0 Å². The van der Waals surface area contributed by atoms with Crippen LogP contribution in [0.15, 0.2) is 31.0 Å². The van der Waals surface area contributed by atoms with Gasteiger partial charge in [-0.05, 0) is 26.0 Å². The molecule has 1 amide bonds. The van der Waals surface area contributed by atoms with Crippen LogP contribution in [0.4, 0.5) is 5.69 Å². The second-order valence-electron chi connectivity index (χ2n) is 3.58. The van der Waals surface area contributed by atoms with E-state index in [1.165, 1.54) is 0 Å². The second-order valence-corrected chi connectivity index (χ2v) is 3.58. The number of anilines is 1. The predicted octanol–water partition coefficient (Wildman–Crippen LogP) is 2.16. The van der Waals surface area contributed by atoms with E-state index in [2.05, 4.69) is 16.9 Å². The lowest BCUT2D eigenvalue weighted by Crippen LogP contribution is -2.31. The Labute approximate surface area is 102 Å². The van der Waals surface area contributed by atoms with Crippen LogP contribution in [0.2, 0.25) is 0 Å². The van der Waals surface area contributed by atoms with Gasteiger partial charge in [0.1, 0.15) is 5.69 Å². The van der Waals surface area contributed by atoms with Gasteiger partial charge in [-0.1, -0.05) is 6.08 Å². The highest BCUT2D eigenvalue weighted by Crippen LogP contribution is 2.08. The van der Waals surface area contributed by atoms with Crippen molar-refractivity contribution >= 4 is 11.6 Å². The zero-order valence-electron chi connectivity index (χ0n) is 10.4. The maximum absolute atomic E-state index is 12.0. The largest absolute Gasteiger partial charge is 0.380 e. The van der Waals surface area contributed by atoms with Crippen LogP contribution in [-0.4, -0.2) is 35.4 Å². The summed E-state index contributed by atoms with van der Waals surface area (Å²) in [6.07, 6.45) is 3.44. The van der Waals surface area contributed by atoms with Gasteiger partial charge in [-0.15, -0.1) is 6.58 Å². The Kier molecular flexibility index (Phi) is 5.20. The molecule has 0 saturated heterocycles. The Morgan fingerprint density at radius 2 is 2.18 bits per heavy atom. The van der Waals surface area contributed by atoms with Crippen molar-refractivity contribution in [2.24, 2.45) is 0 Å². The van der Waals surface area contributed by atoms with Crippen LogP contribution in [0.25, 0.3) is 0 Å². The molecule has 0 spiro atoms. The van der Waals surface area contributed by atoms with Crippen LogP contribution < -0.4 is 5.32 Å². The van der Waals surface area contributed by atoms with Crippen molar-refractivity contribution in [3.05, 3.63) is 36.7 Å². The minimum atomic E-state index is -0.0229. The molecule has 0 aromatic carbocycles. The first-order valence-corrected chi connectivity index (χ1v) is 5.83. The number of nitrogens with zero attached hydrogens (tertiary/aromatic N) is 2. The zero-order chi connectivity index (χ0) is 12.7. The lowest BCUT2D eigenvalue weighted by molar-refractivity contribution is 0.0767. The molecule has 0 unspecified atom stereocenters. The number of carbonyl (C=O) groups excluding carboxylic acids is 1. The fraction of sp³-hybridized carbons (Fsp3) is 0.385. The molecule has 4 nitrogen and oxygen atoms in total. The first-order valence-electron chi connectivity index (χ1n) is 5.83. The smallest absolute Gasteiger partial charge is 0.272 e. The van der Waals surface area contributed by atoms with Crippen LogP contribution in [-0.2, 0) is 0 Å². The summed E-state index contributed by atoms with van der Waals surface area (Å²) in [6.45, 7) is 9.63. The molecular formula is C13H19N3O. The molecule has 17 heavy (non-hydrogen) atoms. The maximum Gasteiger partial charge on any atom is 0.272 e. The number of rotatable bonds is 6. The Hall–Kier alpha value is -1.84. The molecular weight excluding hydrogens is 214 g/mol. The highest BCUT2D eigenvalue weighted by atomic mass is 16.2. The Balaban J connectivity index is 2.72. The Morgan fingerprint density at radius 3 is 2.65 bits per heavy atom. The summed E-state index contributed by atoms with van der Waals surface area (Å²) >= 11 is 0. The summed E-state index contributed by atoms with van der Waals surface area (Å²) in [5.41, 5.74) is 1.37. The monoisotopic (exact) mass is 233 g/mol. The van der Waals surface area contributed by atoms with E-state index in [-0.39, 0.29) is 5.91 Å². The van der Waals surface area contributed by atoms with Gasteiger partial charge < -0.3 is 10.2 Å². The van der Waals surface area contributed by atoms with Gasteiger partial charge in [-0.3, -0.25) is 4.79 Å². The molecule has 0 aliphatic rings. The van der Waals surface area contributed by atoms with Crippen molar-refractivity contribution in [2.75, 3.05) is 25.0 Å². The van der Waals surface area contributed by atoms with Gasteiger partial charge in [-0.25, -0.2) is 4.98 Å². The normalized spacial score (nSPS) is 9.76. The predicted molar refractivity (Wildman–Crippen MR) is 70.2 cm³/mol. The van der Waals surface area contributed by atoms with Crippen molar-refractivity contribution in [1.82, 2.24) is 9.88 Å². The molecule has 0 atom stereocenters. The second kappa shape index (κ2) is 6.68. The summed E-state index contributed by atoms with van der Waals surface area (Å²) < 4.78 is 0. The number of hydrogen-bond donors (Lipinski definition) is 1. The van der Waals surface area contributed by atoms with Crippen LogP contribution in [0.1, 0.15) is 24.3 Å². The van der Waals surface area contributed by atoms with E-state index in [0.29, 0.717) is 25.3 Å². The third-order valence-corrected chi connectivity index (χ3v) is 2.48. The lowest BCUT2D eigenvalue weighted by Gasteiger charge is -2.17. The minimum absolute atomic E-state index is 0.0229. The molecule has 0 saturated carbocycles. The van der Waals surface area contributed by atoms with E-state index in [4.69, 9.17) is 0 Å². The maximum atomic E-state index is 12.0. The molecule has 0 aliphatic carbocycles. The first-order chi connectivity index (χ1) is 8.22. The van der Waals surface area contributed by atoms with Crippen LogP contribution in [0, 0.1) is 0 Å². The van der Waals surface area contributed by atoms with Crippen molar-refractivity contribution in [1.29, 1.82) is 0 Å². The van der Waals surface area contributed by atoms with Gasteiger partial charge >= 0.3 is 0 Å². The number of pyridine rings is 1. The molecule has 92 valence electrons. The number of amides is 1. The molecule has 1 aromatic heterocycles. The van der Waals surface area contributed by atoms with Gasteiger partial charge in [0.15, 0.2) is 0 Å². The number of nitrogens with one attached hydrogen (secondary N) is 1. The quantitative estimate of drug-likeness (QED) is 0.766. The average molecular weight is 233 g/mol. The van der Waals surface area contributed by atoms with Gasteiger partial charge in [0, 0.05) is 19.6 Å². The molecule has 1 aromatic rings. The van der Waals surface area contributed by atoms with E-state index in [9.17, 15) is 4.79 Å². The van der Waals surface area contributed by atoms with E-state index >= 15 is 0 Å². The third-order valence-electron chi connectivity index (χ3n) is 2.48. The number of aromatic nitrogens is 1. The van der Waals surface area contributed by atoms with Crippen molar-refractivity contribution in [2.45, 2.75) is 13.8 Å². The average Bonchev–Trinajstić information content (AvgIpc) is 2.38. The molecule has 1 rings (SSSR count). The molecule has 0 fully saturated rings. The first kappa shape index (κ1) is 13.2. The summed E-state index contributed by atoms with van der Waals surface area (Å²) in [5, 5.41) is 3.11. The fourth-order valence-electron chi connectivity index (χ4n) is 1.49. The molecule has 1 heterocycles. The SMILES string of the molecule is C=CCNc1ccc(C(=O)N(CC)CC)nc1. The molecule has 0 bridgehead atoms. The van der Waals surface area contributed by atoms with Gasteiger partial charge in [-0.2, -0.15) is 0 Å². The van der Waals surface area contributed by atoms with Crippen LogP contribution >= 0.6 is 0 Å². The minimum Gasteiger partial charge on any atom is -0.380 e. The van der Waals surface area contributed by atoms with Crippen molar-refractivity contribution in [3.8, 4) is 0 Å². The topological polar surface area (TPSA) is 45.2 Å². The third kappa shape index (κ3) is 3.59. The Morgan fingerprint density at radius 1 is 1.47 bits per heavy atom. The van der Waals surface area contributed by atoms with E-state index in [0.717, 1.165) is 5.69 Å². The molecule has 1 N–H and O–H groups in total. The van der Waals surface area contributed by atoms with Crippen LogP contribution in [0.3, 0.4) is 0 Å². The van der Waals surface area contributed by atoms with Gasteiger partial charge in [0.2, 0.25) is 0 Å². The van der Waals surface area contributed by atoms with Crippen molar-refractivity contribution < 1.29 is 4.79 Å². The number of carbonyl (C=O) groups is 1. The number of hydrogen-bond acceptors (Lipinski definition) is 3. The van der Waals surface area contributed by atoms with E-state index < -0.39 is 0 Å². The molecule has 0 aliphatic heterocycles. The summed E-state index contributed by atoms with van der Waals surface area (Å²) in [7, 11) is 0. The molecule has 4 heteroatoms. The summed E-state index contributed by atoms with van der Waals surface area (Å²) in [5.74, 6) is -0.0229. The van der Waals surface area contributed by atoms with Gasteiger partial charge in [0.05, 0.1) is 11.9 Å². The van der Waals surface area contributed by atoms with E-state index in [1.807, 2.05) is 19.9 Å². The highest BCUT2D eigenvalue weighted by Gasteiger charge is 2.13. The zero-order valence-corrected chi connectivity index (χ0v) is 10.4. The standard InChI is InChI=1S/C13H19N3O/c1-4-9-14-11-7-8-12(15-10-11)13(17)16(5-2)6-3/h4,7-8,10,14H,1,5-6,9H2,2-3H3. The van der Waals surface area contributed by atoms with E-state index in [1.54, 1.807) is 23.2 Å². The molecule has 0 radical (unpaired) electrons.